The summed E-state index contributed by atoms with van der Waals surface area (Å²) in [4.78, 5) is 0. The van der Waals surface area contributed by atoms with Crippen molar-refractivity contribution >= 4 is 27.3 Å². The normalized spacial score (nSPS) is 10.3. The molecule has 94 valence electrons. The molecule has 0 saturated heterocycles. The maximum atomic E-state index is 13.2. The minimum Gasteiger partial charge on any atom is -0.396 e. The van der Waals surface area contributed by atoms with Crippen LogP contribution in [0.15, 0.2) is 46.9 Å². The van der Waals surface area contributed by atoms with Crippen LogP contribution in [0, 0.1) is 5.82 Å². The molecule has 4 heteroatoms. The topological polar surface area (TPSA) is 38.0 Å². The van der Waals surface area contributed by atoms with Gasteiger partial charge in [0.25, 0.3) is 0 Å². The highest BCUT2D eigenvalue weighted by molar-refractivity contribution is 9.10. The Morgan fingerprint density at radius 2 is 1.83 bits per heavy atom. The summed E-state index contributed by atoms with van der Waals surface area (Å²) in [5.41, 5.74) is 7.58. The summed E-state index contributed by atoms with van der Waals surface area (Å²) in [6, 6.07) is 12.9. The smallest absolute Gasteiger partial charge is 0.148 e. The molecule has 18 heavy (non-hydrogen) atoms. The van der Waals surface area contributed by atoms with Crippen molar-refractivity contribution in [2.75, 3.05) is 17.6 Å². The van der Waals surface area contributed by atoms with Crippen LogP contribution in [-0.4, -0.2) is 6.54 Å². The largest absolute Gasteiger partial charge is 0.396 e. The number of halogens is 2. The molecule has 2 aromatic rings. The third-order valence-electron chi connectivity index (χ3n) is 2.66. The van der Waals surface area contributed by atoms with Crippen molar-refractivity contribution in [1.29, 1.82) is 0 Å². The van der Waals surface area contributed by atoms with Crippen molar-refractivity contribution in [2.45, 2.75) is 6.42 Å². The Morgan fingerprint density at radius 1 is 1.11 bits per heavy atom. The highest BCUT2D eigenvalue weighted by Gasteiger charge is 1.99. The Balaban J connectivity index is 1.88. The van der Waals surface area contributed by atoms with Crippen molar-refractivity contribution in [3.8, 4) is 0 Å². The molecule has 0 fully saturated rings. The number of rotatable bonds is 4. The average Bonchev–Trinajstić information content (AvgIpc) is 2.36. The van der Waals surface area contributed by atoms with E-state index in [2.05, 4.69) is 33.4 Å². The van der Waals surface area contributed by atoms with E-state index in [1.54, 1.807) is 12.1 Å². The molecule has 0 spiro atoms. The summed E-state index contributed by atoms with van der Waals surface area (Å²) in [5.74, 6) is -0.386. The first kappa shape index (κ1) is 12.9. The number of hydrogen-bond donors (Lipinski definition) is 2. The molecular formula is C14H14BrFN2. The molecule has 0 bridgehead atoms. The monoisotopic (exact) mass is 308 g/mol. The molecule has 0 radical (unpaired) electrons. The Hall–Kier alpha value is -1.55. The first-order valence-electron chi connectivity index (χ1n) is 5.68. The Kier molecular flexibility index (Phi) is 4.20. The Morgan fingerprint density at radius 3 is 2.50 bits per heavy atom. The molecule has 3 N–H and O–H groups in total. The minimum atomic E-state index is -0.386. The van der Waals surface area contributed by atoms with Gasteiger partial charge in [0.15, 0.2) is 0 Å². The number of nitrogens with two attached hydrogens (primary N) is 1. The quantitative estimate of drug-likeness (QED) is 0.843. The maximum Gasteiger partial charge on any atom is 0.148 e. The van der Waals surface area contributed by atoms with Gasteiger partial charge in [0, 0.05) is 16.7 Å². The van der Waals surface area contributed by atoms with Crippen LogP contribution in [0.25, 0.3) is 0 Å². The maximum absolute atomic E-state index is 13.2. The zero-order chi connectivity index (χ0) is 13.0. The van der Waals surface area contributed by atoms with Gasteiger partial charge in [-0.1, -0.05) is 28.1 Å². The molecular weight excluding hydrogens is 295 g/mol. The molecule has 0 aromatic heterocycles. The second kappa shape index (κ2) is 5.87. The predicted molar refractivity (Wildman–Crippen MR) is 77.1 cm³/mol. The van der Waals surface area contributed by atoms with E-state index in [-0.39, 0.29) is 11.5 Å². The molecule has 0 aliphatic carbocycles. The van der Waals surface area contributed by atoms with E-state index >= 15 is 0 Å². The summed E-state index contributed by atoms with van der Waals surface area (Å²) >= 11 is 3.40. The summed E-state index contributed by atoms with van der Waals surface area (Å²) < 4.78 is 14.3. The molecule has 0 unspecified atom stereocenters. The van der Waals surface area contributed by atoms with Gasteiger partial charge >= 0.3 is 0 Å². The van der Waals surface area contributed by atoms with Crippen molar-refractivity contribution in [3.05, 3.63) is 58.3 Å². The lowest BCUT2D eigenvalue weighted by Gasteiger charge is -2.07. The van der Waals surface area contributed by atoms with Crippen LogP contribution in [0.5, 0.6) is 0 Å². The fourth-order valence-corrected chi connectivity index (χ4v) is 1.90. The van der Waals surface area contributed by atoms with Gasteiger partial charge in [-0.15, -0.1) is 0 Å². The highest BCUT2D eigenvalue weighted by atomic mass is 79.9. The molecule has 0 atom stereocenters. The number of nitrogen functional groups attached to an aromatic ring is 1. The van der Waals surface area contributed by atoms with Crippen LogP contribution >= 0.6 is 15.9 Å². The van der Waals surface area contributed by atoms with Crippen LogP contribution in [0.2, 0.25) is 0 Å². The standard InChI is InChI=1S/C14H14BrFN2/c15-11-3-1-10(2-4-11)7-8-18-12-5-6-14(17)13(16)9-12/h1-6,9,18H,7-8,17H2. The van der Waals surface area contributed by atoms with Gasteiger partial charge in [0.2, 0.25) is 0 Å². The van der Waals surface area contributed by atoms with Crippen molar-refractivity contribution < 1.29 is 4.39 Å². The summed E-state index contributed by atoms with van der Waals surface area (Å²) in [5, 5.41) is 3.17. The third kappa shape index (κ3) is 3.47. The molecule has 0 aliphatic rings. The molecule has 2 rings (SSSR count). The van der Waals surface area contributed by atoms with Crippen LogP contribution < -0.4 is 11.1 Å². The second-order valence-corrected chi connectivity index (χ2v) is 4.96. The van der Waals surface area contributed by atoms with Crippen LogP contribution in [0.3, 0.4) is 0 Å². The van der Waals surface area contributed by atoms with E-state index in [0.717, 1.165) is 23.1 Å². The zero-order valence-electron chi connectivity index (χ0n) is 9.79. The number of nitrogens with one attached hydrogen (secondary N) is 1. The zero-order valence-corrected chi connectivity index (χ0v) is 11.4. The molecule has 0 aliphatic heterocycles. The highest BCUT2D eigenvalue weighted by Crippen LogP contribution is 2.16. The van der Waals surface area contributed by atoms with E-state index in [9.17, 15) is 4.39 Å². The van der Waals surface area contributed by atoms with Gasteiger partial charge < -0.3 is 11.1 Å². The molecule has 0 amide bonds. The number of benzene rings is 2. The van der Waals surface area contributed by atoms with Crippen LogP contribution in [-0.2, 0) is 6.42 Å². The fourth-order valence-electron chi connectivity index (χ4n) is 1.64. The predicted octanol–water partition coefficient (Wildman–Crippen LogP) is 3.83. The van der Waals surface area contributed by atoms with E-state index in [1.165, 1.54) is 11.6 Å². The lowest BCUT2D eigenvalue weighted by molar-refractivity contribution is 0.633. The second-order valence-electron chi connectivity index (χ2n) is 4.04. The van der Waals surface area contributed by atoms with Gasteiger partial charge in [-0.05, 0) is 42.3 Å². The van der Waals surface area contributed by atoms with Crippen molar-refractivity contribution in [2.24, 2.45) is 0 Å². The molecule has 0 heterocycles. The van der Waals surface area contributed by atoms with E-state index in [0.29, 0.717) is 0 Å². The lowest BCUT2D eigenvalue weighted by atomic mass is 10.1. The molecule has 2 nitrogen and oxygen atoms in total. The van der Waals surface area contributed by atoms with Gasteiger partial charge in [0.1, 0.15) is 5.82 Å². The SMILES string of the molecule is Nc1ccc(NCCc2ccc(Br)cc2)cc1F. The summed E-state index contributed by atoms with van der Waals surface area (Å²) in [6.07, 6.45) is 0.888. The average molecular weight is 309 g/mol. The first-order chi connectivity index (χ1) is 8.65. The molecule has 0 saturated carbocycles. The number of anilines is 2. The van der Waals surface area contributed by atoms with Crippen LogP contribution in [0.4, 0.5) is 15.8 Å². The van der Waals surface area contributed by atoms with Gasteiger partial charge in [-0.25, -0.2) is 4.39 Å². The summed E-state index contributed by atoms with van der Waals surface area (Å²) in [7, 11) is 0. The Labute approximate surface area is 114 Å². The third-order valence-corrected chi connectivity index (χ3v) is 3.19. The van der Waals surface area contributed by atoms with E-state index < -0.39 is 0 Å². The van der Waals surface area contributed by atoms with E-state index in [4.69, 9.17) is 5.73 Å². The van der Waals surface area contributed by atoms with E-state index in [1.807, 2.05) is 12.1 Å². The minimum absolute atomic E-state index is 0.174. The summed E-state index contributed by atoms with van der Waals surface area (Å²) in [6.45, 7) is 0.755. The molecule has 2 aromatic carbocycles. The van der Waals surface area contributed by atoms with Gasteiger partial charge in [-0.3, -0.25) is 0 Å². The Bertz CT molecular complexity index is 526. The van der Waals surface area contributed by atoms with Gasteiger partial charge in [-0.2, -0.15) is 0 Å². The first-order valence-corrected chi connectivity index (χ1v) is 6.48. The van der Waals surface area contributed by atoms with Crippen molar-refractivity contribution in [3.63, 3.8) is 0 Å². The van der Waals surface area contributed by atoms with Gasteiger partial charge in [0.05, 0.1) is 5.69 Å². The fraction of sp³-hybridized carbons (Fsp3) is 0.143. The lowest BCUT2D eigenvalue weighted by Crippen LogP contribution is -2.05. The number of hydrogen-bond acceptors (Lipinski definition) is 2. The van der Waals surface area contributed by atoms with Crippen molar-refractivity contribution in [1.82, 2.24) is 0 Å². The van der Waals surface area contributed by atoms with Crippen LogP contribution in [0.1, 0.15) is 5.56 Å².